The minimum atomic E-state index is 0.929. The molecule has 1 aromatic heterocycles. The second-order valence-corrected chi connectivity index (χ2v) is 3.59. The summed E-state index contributed by atoms with van der Waals surface area (Å²) in [6, 6.07) is 8.41. The molecule has 2 heteroatoms. The number of hydrogen-bond donors (Lipinski definition) is 1. The van der Waals surface area contributed by atoms with E-state index < -0.39 is 0 Å². The van der Waals surface area contributed by atoms with Crippen molar-refractivity contribution in [2.45, 2.75) is 13.8 Å². The Labute approximate surface area is 84.0 Å². The fourth-order valence-electron chi connectivity index (χ4n) is 1.64. The third-order valence-electron chi connectivity index (χ3n) is 2.43. The normalized spacial score (nSPS) is 10.5. The predicted octanol–water partition coefficient (Wildman–Crippen LogP) is 2.89. The van der Waals surface area contributed by atoms with E-state index >= 15 is 0 Å². The van der Waals surface area contributed by atoms with Gasteiger partial charge in [0.15, 0.2) is 0 Å². The van der Waals surface area contributed by atoms with Gasteiger partial charge in [0.25, 0.3) is 0 Å². The van der Waals surface area contributed by atoms with Gasteiger partial charge in [-0.25, -0.2) is 4.98 Å². The zero-order valence-corrected chi connectivity index (χ0v) is 8.76. The Morgan fingerprint density at radius 1 is 1.14 bits per heavy atom. The maximum Gasteiger partial charge on any atom is 0.126 e. The minimum absolute atomic E-state index is 0.929. The Balaban J connectivity index is 2.76. The highest BCUT2D eigenvalue weighted by atomic mass is 15.0. The summed E-state index contributed by atoms with van der Waals surface area (Å²) in [5.41, 5.74) is 3.60. The number of aromatic nitrogens is 1. The molecule has 14 heavy (non-hydrogen) atoms. The van der Waals surface area contributed by atoms with Crippen LogP contribution in [-0.2, 0) is 0 Å². The lowest BCUT2D eigenvalue weighted by Crippen LogP contribution is -1.94. The second kappa shape index (κ2) is 3.29. The van der Waals surface area contributed by atoms with Crippen molar-refractivity contribution in [3.05, 3.63) is 35.4 Å². The summed E-state index contributed by atoms with van der Waals surface area (Å²) in [6.07, 6.45) is 0. The first kappa shape index (κ1) is 9.00. The molecule has 0 unspecified atom stereocenters. The molecule has 1 aromatic carbocycles. The van der Waals surface area contributed by atoms with Gasteiger partial charge in [-0.3, -0.25) is 0 Å². The molecule has 2 rings (SSSR count). The molecule has 72 valence electrons. The van der Waals surface area contributed by atoms with Gasteiger partial charge in [-0.2, -0.15) is 0 Å². The van der Waals surface area contributed by atoms with Crippen LogP contribution in [0.2, 0.25) is 0 Å². The van der Waals surface area contributed by atoms with Gasteiger partial charge in [0.1, 0.15) is 5.82 Å². The van der Waals surface area contributed by atoms with E-state index in [-0.39, 0.29) is 0 Å². The quantitative estimate of drug-likeness (QED) is 0.740. The maximum absolute atomic E-state index is 4.48. The van der Waals surface area contributed by atoms with Gasteiger partial charge in [0, 0.05) is 12.4 Å². The molecule has 0 aliphatic heterocycles. The average Bonchev–Trinajstić information content (AvgIpc) is 2.19. The number of nitrogens with zero attached hydrogens (tertiary/aromatic N) is 1. The van der Waals surface area contributed by atoms with Crippen LogP contribution >= 0.6 is 0 Å². The topological polar surface area (TPSA) is 24.9 Å². The SMILES string of the molecule is CNc1cc(C)c2cc(C)ccc2n1. The van der Waals surface area contributed by atoms with Gasteiger partial charge in [0.2, 0.25) is 0 Å². The van der Waals surface area contributed by atoms with Crippen LogP contribution in [0.4, 0.5) is 5.82 Å². The first-order valence-electron chi connectivity index (χ1n) is 4.76. The lowest BCUT2D eigenvalue weighted by molar-refractivity contribution is 1.31. The summed E-state index contributed by atoms with van der Waals surface area (Å²) in [7, 11) is 1.89. The van der Waals surface area contributed by atoms with E-state index in [2.05, 4.69) is 48.4 Å². The molecule has 2 nitrogen and oxygen atoms in total. The molecule has 0 fully saturated rings. The summed E-state index contributed by atoms with van der Waals surface area (Å²) in [5.74, 6) is 0.929. The summed E-state index contributed by atoms with van der Waals surface area (Å²) in [5, 5.41) is 4.30. The third kappa shape index (κ3) is 1.43. The van der Waals surface area contributed by atoms with Crippen LogP contribution in [0.25, 0.3) is 10.9 Å². The molecule has 1 heterocycles. The van der Waals surface area contributed by atoms with E-state index in [0.717, 1.165) is 11.3 Å². The van der Waals surface area contributed by atoms with Crippen molar-refractivity contribution in [2.24, 2.45) is 0 Å². The maximum atomic E-state index is 4.48. The number of benzene rings is 1. The van der Waals surface area contributed by atoms with E-state index in [4.69, 9.17) is 0 Å². The number of nitrogens with one attached hydrogen (secondary N) is 1. The molecule has 1 N–H and O–H groups in total. The number of hydrogen-bond acceptors (Lipinski definition) is 2. The Hall–Kier alpha value is -1.57. The number of pyridine rings is 1. The van der Waals surface area contributed by atoms with Gasteiger partial charge in [-0.05, 0) is 37.6 Å². The Morgan fingerprint density at radius 3 is 2.64 bits per heavy atom. The molecule has 0 saturated heterocycles. The number of anilines is 1. The van der Waals surface area contributed by atoms with E-state index in [1.54, 1.807) is 0 Å². The molecule has 0 aliphatic carbocycles. The number of aryl methyl sites for hydroxylation is 2. The predicted molar refractivity (Wildman–Crippen MR) is 60.8 cm³/mol. The summed E-state index contributed by atoms with van der Waals surface area (Å²) >= 11 is 0. The van der Waals surface area contributed by atoms with Crippen LogP contribution < -0.4 is 5.32 Å². The van der Waals surface area contributed by atoms with E-state index in [9.17, 15) is 0 Å². The zero-order valence-electron chi connectivity index (χ0n) is 8.76. The minimum Gasteiger partial charge on any atom is -0.373 e. The first-order valence-corrected chi connectivity index (χ1v) is 4.76. The van der Waals surface area contributed by atoms with Crippen molar-refractivity contribution in [3.8, 4) is 0 Å². The van der Waals surface area contributed by atoms with Crippen molar-refractivity contribution in [2.75, 3.05) is 12.4 Å². The Bertz CT molecular complexity index is 475. The lowest BCUT2D eigenvalue weighted by atomic mass is 10.1. The highest BCUT2D eigenvalue weighted by Gasteiger charge is 2.01. The lowest BCUT2D eigenvalue weighted by Gasteiger charge is -2.06. The second-order valence-electron chi connectivity index (χ2n) is 3.59. The van der Waals surface area contributed by atoms with Crippen molar-refractivity contribution in [1.29, 1.82) is 0 Å². The fraction of sp³-hybridized carbons (Fsp3) is 0.250. The molecule has 0 bridgehead atoms. The van der Waals surface area contributed by atoms with Crippen molar-refractivity contribution in [3.63, 3.8) is 0 Å². The fourth-order valence-corrected chi connectivity index (χ4v) is 1.64. The summed E-state index contributed by atoms with van der Waals surface area (Å²) in [4.78, 5) is 4.48. The third-order valence-corrected chi connectivity index (χ3v) is 2.43. The summed E-state index contributed by atoms with van der Waals surface area (Å²) in [6.45, 7) is 4.22. The van der Waals surface area contributed by atoms with Gasteiger partial charge in [-0.1, -0.05) is 11.6 Å². The largest absolute Gasteiger partial charge is 0.373 e. The van der Waals surface area contributed by atoms with E-state index in [1.165, 1.54) is 16.5 Å². The van der Waals surface area contributed by atoms with Crippen LogP contribution in [0, 0.1) is 13.8 Å². The van der Waals surface area contributed by atoms with Crippen LogP contribution in [0.5, 0.6) is 0 Å². The van der Waals surface area contributed by atoms with Gasteiger partial charge in [0.05, 0.1) is 5.52 Å². The molecule has 0 aliphatic rings. The zero-order chi connectivity index (χ0) is 10.1. The van der Waals surface area contributed by atoms with Crippen molar-refractivity contribution in [1.82, 2.24) is 4.98 Å². The molecule has 0 radical (unpaired) electrons. The van der Waals surface area contributed by atoms with Gasteiger partial charge < -0.3 is 5.32 Å². The molecule has 0 amide bonds. The Kier molecular flexibility index (Phi) is 2.12. The molecule has 0 spiro atoms. The van der Waals surface area contributed by atoms with Crippen LogP contribution in [-0.4, -0.2) is 12.0 Å². The highest BCUT2D eigenvalue weighted by Crippen LogP contribution is 2.20. The van der Waals surface area contributed by atoms with E-state index in [0.29, 0.717) is 0 Å². The van der Waals surface area contributed by atoms with E-state index in [1.807, 2.05) is 7.05 Å². The van der Waals surface area contributed by atoms with Gasteiger partial charge in [-0.15, -0.1) is 0 Å². The van der Waals surface area contributed by atoms with Crippen molar-refractivity contribution < 1.29 is 0 Å². The monoisotopic (exact) mass is 186 g/mol. The smallest absolute Gasteiger partial charge is 0.126 e. The summed E-state index contributed by atoms with van der Waals surface area (Å²) < 4.78 is 0. The van der Waals surface area contributed by atoms with Crippen molar-refractivity contribution >= 4 is 16.7 Å². The highest BCUT2D eigenvalue weighted by molar-refractivity contribution is 5.84. The molecular formula is C12H14N2. The first-order chi connectivity index (χ1) is 6.70. The van der Waals surface area contributed by atoms with Crippen LogP contribution in [0.15, 0.2) is 24.3 Å². The number of fused-ring (bicyclic) bond motifs is 1. The average molecular weight is 186 g/mol. The number of rotatable bonds is 1. The van der Waals surface area contributed by atoms with Crippen LogP contribution in [0.1, 0.15) is 11.1 Å². The molecule has 2 aromatic rings. The van der Waals surface area contributed by atoms with Gasteiger partial charge >= 0.3 is 0 Å². The van der Waals surface area contributed by atoms with Crippen LogP contribution in [0.3, 0.4) is 0 Å². The Morgan fingerprint density at radius 2 is 1.93 bits per heavy atom. The molecule has 0 saturated carbocycles. The molecular weight excluding hydrogens is 172 g/mol. The standard InChI is InChI=1S/C12H14N2/c1-8-4-5-11-10(6-8)9(2)7-12(13-3)14-11/h4-7H,1-3H3,(H,13,14). The molecule has 0 atom stereocenters.